The average Bonchev–Trinajstić information content (AvgIpc) is 2.54. The number of likely N-dealkylation sites (N-methyl/N-ethyl adjacent to an activating group) is 1. The van der Waals surface area contributed by atoms with Gasteiger partial charge in [0.15, 0.2) is 0 Å². The SMILES string of the molecule is CCN(c1ccccc1)C(CN)c1ccccc1COC. The van der Waals surface area contributed by atoms with Crippen molar-refractivity contribution in [2.45, 2.75) is 19.6 Å². The third-order valence-electron chi connectivity index (χ3n) is 3.74. The van der Waals surface area contributed by atoms with Crippen LogP contribution in [0.1, 0.15) is 24.1 Å². The summed E-state index contributed by atoms with van der Waals surface area (Å²) in [4.78, 5) is 2.34. The molecular formula is C18H24N2O. The van der Waals surface area contributed by atoms with Crippen molar-refractivity contribution in [3.63, 3.8) is 0 Å². The van der Waals surface area contributed by atoms with E-state index >= 15 is 0 Å². The van der Waals surface area contributed by atoms with E-state index in [4.69, 9.17) is 10.5 Å². The standard InChI is InChI=1S/C18H24N2O/c1-3-20(16-10-5-4-6-11-16)18(13-19)17-12-8-7-9-15(17)14-21-2/h4-12,18H,3,13-14,19H2,1-2H3. The van der Waals surface area contributed by atoms with E-state index in [-0.39, 0.29) is 6.04 Å². The zero-order valence-electron chi connectivity index (χ0n) is 12.8. The molecule has 3 heteroatoms. The molecule has 0 aliphatic carbocycles. The van der Waals surface area contributed by atoms with E-state index < -0.39 is 0 Å². The second-order valence-corrected chi connectivity index (χ2v) is 5.00. The summed E-state index contributed by atoms with van der Waals surface area (Å²) in [5.41, 5.74) is 9.74. The molecule has 112 valence electrons. The molecule has 2 aromatic carbocycles. The Morgan fingerprint density at radius 2 is 1.71 bits per heavy atom. The third kappa shape index (κ3) is 3.63. The Morgan fingerprint density at radius 1 is 1.05 bits per heavy atom. The smallest absolute Gasteiger partial charge is 0.0716 e. The number of rotatable bonds is 7. The number of benzene rings is 2. The summed E-state index contributed by atoms with van der Waals surface area (Å²) in [6.45, 7) is 4.25. The fraction of sp³-hybridized carbons (Fsp3) is 0.333. The van der Waals surface area contributed by atoms with E-state index in [0.717, 1.165) is 6.54 Å². The first-order chi connectivity index (χ1) is 10.3. The summed E-state index contributed by atoms with van der Waals surface area (Å²) in [6.07, 6.45) is 0. The molecule has 0 heterocycles. The number of nitrogens with two attached hydrogens (primary N) is 1. The second kappa shape index (κ2) is 7.81. The molecule has 0 saturated heterocycles. The Labute approximate surface area is 127 Å². The van der Waals surface area contributed by atoms with E-state index in [9.17, 15) is 0 Å². The Kier molecular flexibility index (Phi) is 5.78. The van der Waals surface area contributed by atoms with Crippen molar-refractivity contribution in [1.29, 1.82) is 0 Å². The van der Waals surface area contributed by atoms with Gasteiger partial charge in [0, 0.05) is 25.9 Å². The molecule has 2 aromatic rings. The van der Waals surface area contributed by atoms with Crippen molar-refractivity contribution in [2.75, 3.05) is 25.1 Å². The van der Waals surface area contributed by atoms with E-state index in [1.807, 2.05) is 12.1 Å². The van der Waals surface area contributed by atoms with Gasteiger partial charge in [-0.3, -0.25) is 0 Å². The average molecular weight is 284 g/mol. The first kappa shape index (κ1) is 15.5. The molecule has 1 atom stereocenters. The summed E-state index contributed by atoms with van der Waals surface area (Å²) < 4.78 is 5.32. The van der Waals surface area contributed by atoms with Gasteiger partial charge in [0.1, 0.15) is 0 Å². The molecule has 0 aromatic heterocycles. The number of anilines is 1. The maximum atomic E-state index is 6.10. The number of nitrogens with zero attached hydrogens (tertiary/aromatic N) is 1. The van der Waals surface area contributed by atoms with Gasteiger partial charge in [0.2, 0.25) is 0 Å². The molecule has 1 unspecified atom stereocenters. The predicted molar refractivity (Wildman–Crippen MR) is 88.4 cm³/mol. The number of para-hydroxylation sites is 1. The summed E-state index contributed by atoms with van der Waals surface area (Å²) in [5, 5.41) is 0. The van der Waals surface area contributed by atoms with E-state index in [1.165, 1.54) is 16.8 Å². The minimum absolute atomic E-state index is 0.156. The van der Waals surface area contributed by atoms with Crippen LogP contribution < -0.4 is 10.6 Å². The molecule has 0 spiro atoms. The van der Waals surface area contributed by atoms with Gasteiger partial charge in [-0.05, 0) is 30.2 Å². The van der Waals surface area contributed by atoms with E-state index in [2.05, 4.69) is 54.3 Å². The Morgan fingerprint density at radius 3 is 2.33 bits per heavy atom. The number of hydrogen-bond donors (Lipinski definition) is 1. The largest absolute Gasteiger partial charge is 0.380 e. The molecule has 2 N–H and O–H groups in total. The van der Waals surface area contributed by atoms with Crippen molar-refractivity contribution in [1.82, 2.24) is 0 Å². The molecule has 21 heavy (non-hydrogen) atoms. The van der Waals surface area contributed by atoms with Gasteiger partial charge in [-0.25, -0.2) is 0 Å². The number of ether oxygens (including phenoxy) is 1. The van der Waals surface area contributed by atoms with Crippen LogP contribution >= 0.6 is 0 Å². The maximum Gasteiger partial charge on any atom is 0.0716 e. The topological polar surface area (TPSA) is 38.5 Å². The zero-order chi connectivity index (χ0) is 15.1. The highest BCUT2D eigenvalue weighted by molar-refractivity contribution is 5.49. The molecule has 0 aliphatic rings. The van der Waals surface area contributed by atoms with Crippen molar-refractivity contribution in [3.05, 3.63) is 65.7 Å². The lowest BCUT2D eigenvalue weighted by molar-refractivity contribution is 0.183. The second-order valence-electron chi connectivity index (χ2n) is 5.00. The molecule has 0 fully saturated rings. The molecule has 0 amide bonds. The highest BCUT2D eigenvalue weighted by Gasteiger charge is 2.20. The van der Waals surface area contributed by atoms with Crippen molar-refractivity contribution in [3.8, 4) is 0 Å². The molecule has 0 aliphatic heterocycles. The quantitative estimate of drug-likeness (QED) is 0.847. The lowest BCUT2D eigenvalue weighted by Gasteiger charge is -2.33. The Hall–Kier alpha value is -1.84. The van der Waals surface area contributed by atoms with Crippen LogP contribution in [0.15, 0.2) is 54.6 Å². The monoisotopic (exact) mass is 284 g/mol. The van der Waals surface area contributed by atoms with E-state index in [1.54, 1.807) is 7.11 Å². The predicted octanol–water partition coefficient (Wildman–Crippen LogP) is 3.36. The van der Waals surface area contributed by atoms with Gasteiger partial charge in [-0.1, -0.05) is 42.5 Å². The molecule has 3 nitrogen and oxygen atoms in total. The summed E-state index contributed by atoms with van der Waals surface area (Å²) in [5.74, 6) is 0. The van der Waals surface area contributed by atoms with Crippen LogP contribution in [0.2, 0.25) is 0 Å². The molecule has 0 bridgehead atoms. The molecular weight excluding hydrogens is 260 g/mol. The van der Waals surface area contributed by atoms with Crippen LogP contribution in [0.3, 0.4) is 0 Å². The van der Waals surface area contributed by atoms with Crippen molar-refractivity contribution < 1.29 is 4.74 Å². The minimum atomic E-state index is 0.156. The van der Waals surface area contributed by atoms with Gasteiger partial charge in [-0.15, -0.1) is 0 Å². The molecule has 0 radical (unpaired) electrons. The Bertz CT molecular complexity index is 542. The van der Waals surface area contributed by atoms with Crippen LogP contribution in [0, 0.1) is 0 Å². The fourth-order valence-electron chi connectivity index (χ4n) is 2.77. The van der Waals surface area contributed by atoms with Gasteiger partial charge in [-0.2, -0.15) is 0 Å². The zero-order valence-corrected chi connectivity index (χ0v) is 12.8. The van der Waals surface area contributed by atoms with Crippen LogP contribution in [0.5, 0.6) is 0 Å². The minimum Gasteiger partial charge on any atom is -0.380 e. The van der Waals surface area contributed by atoms with Crippen LogP contribution in [-0.4, -0.2) is 20.2 Å². The van der Waals surface area contributed by atoms with Crippen LogP contribution in [0.25, 0.3) is 0 Å². The maximum absolute atomic E-state index is 6.10. The number of methoxy groups -OCH3 is 1. The molecule has 0 saturated carbocycles. The van der Waals surface area contributed by atoms with Crippen molar-refractivity contribution in [2.24, 2.45) is 5.73 Å². The van der Waals surface area contributed by atoms with Crippen LogP contribution in [-0.2, 0) is 11.3 Å². The first-order valence-corrected chi connectivity index (χ1v) is 7.40. The van der Waals surface area contributed by atoms with Crippen molar-refractivity contribution >= 4 is 5.69 Å². The van der Waals surface area contributed by atoms with E-state index in [0.29, 0.717) is 13.2 Å². The number of hydrogen-bond acceptors (Lipinski definition) is 3. The Balaban J connectivity index is 2.38. The van der Waals surface area contributed by atoms with Gasteiger partial charge < -0.3 is 15.4 Å². The first-order valence-electron chi connectivity index (χ1n) is 7.40. The lowest BCUT2D eigenvalue weighted by Crippen LogP contribution is -2.34. The van der Waals surface area contributed by atoms with Crippen LogP contribution in [0.4, 0.5) is 5.69 Å². The summed E-state index contributed by atoms with van der Waals surface area (Å²) in [6, 6.07) is 18.9. The fourth-order valence-corrected chi connectivity index (χ4v) is 2.77. The van der Waals surface area contributed by atoms with Gasteiger partial charge >= 0.3 is 0 Å². The normalized spacial score (nSPS) is 12.1. The molecule has 2 rings (SSSR count). The van der Waals surface area contributed by atoms with Gasteiger partial charge in [0.25, 0.3) is 0 Å². The van der Waals surface area contributed by atoms with Gasteiger partial charge in [0.05, 0.1) is 12.6 Å². The summed E-state index contributed by atoms with van der Waals surface area (Å²) in [7, 11) is 1.73. The summed E-state index contributed by atoms with van der Waals surface area (Å²) >= 11 is 0. The highest BCUT2D eigenvalue weighted by Crippen LogP contribution is 2.28. The third-order valence-corrected chi connectivity index (χ3v) is 3.74. The lowest BCUT2D eigenvalue weighted by atomic mass is 9.98. The highest BCUT2D eigenvalue weighted by atomic mass is 16.5.